The molecule has 0 spiro atoms. The molecule has 0 aromatic carbocycles. The molecule has 0 aromatic rings. The Labute approximate surface area is 92.8 Å². The number of nitrogens with zero attached hydrogens (tertiary/aromatic N) is 1. The molecule has 15 heavy (non-hydrogen) atoms. The van der Waals surface area contributed by atoms with Gasteiger partial charge in [0, 0.05) is 5.54 Å². The smallest absolute Gasteiger partial charge is 0.298 e. The average Bonchev–Trinajstić information content (AvgIpc) is 2.20. The van der Waals surface area contributed by atoms with Gasteiger partial charge in [0.05, 0.1) is 0 Å². The largest absolute Gasteiger partial charge is 0.373 e. The van der Waals surface area contributed by atoms with Crippen LogP contribution in [0.3, 0.4) is 0 Å². The Kier molecular flexibility index (Phi) is 6.46. The predicted octanol–water partition coefficient (Wildman–Crippen LogP) is 2.32. The van der Waals surface area contributed by atoms with Crippen LogP contribution in [0, 0.1) is 5.92 Å². The van der Waals surface area contributed by atoms with Crippen LogP contribution in [0.1, 0.15) is 47.0 Å². The summed E-state index contributed by atoms with van der Waals surface area (Å²) in [4.78, 5) is 18.9. The van der Waals surface area contributed by atoms with Crippen LogP contribution in [-0.2, 0) is 9.59 Å². The van der Waals surface area contributed by atoms with Gasteiger partial charge >= 0.3 is 6.15 Å². The lowest BCUT2D eigenvalue weighted by atomic mass is 9.87. The molecule has 1 aliphatic heterocycles. The lowest BCUT2D eigenvalue weighted by Crippen LogP contribution is -2.50. The van der Waals surface area contributed by atoms with Crippen molar-refractivity contribution in [3.63, 3.8) is 0 Å². The maximum absolute atomic E-state index is 8.12. The van der Waals surface area contributed by atoms with Crippen molar-refractivity contribution in [3.8, 4) is 0 Å². The molecule has 88 valence electrons. The summed E-state index contributed by atoms with van der Waals surface area (Å²) in [6, 6.07) is 0. The minimum atomic E-state index is 0.250. The molecule has 1 saturated heterocycles. The van der Waals surface area contributed by atoms with Crippen LogP contribution in [0.25, 0.3) is 0 Å². The van der Waals surface area contributed by atoms with Crippen LogP contribution < -0.4 is 0 Å². The second-order valence-corrected chi connectivity index (χ2v) is 4.94. The van der Waals surface area contributed by atoms with E-state index in [1.54, 1.807) is 0 Å². The average molecular weight is 213 g/mol. The molecule has 0 atom stereocenters. The first-order chi connectivity index (χ1) is 6.96. The third kappa shape index (κ3) is 4.59. The molecule has 3 heteroatoms. The number of hydrogen-bond acceptors (Lipinski definition) is 3. The summed E-state index contributed by atoms with van der Waals surface area (Å²) in [6.45, 7) is 12.0. The summed E-state index contributed by atoms with van der Waals surface area (Å²) in [6.07, 6.45) is 4.48. The van der Waals surface area contributed by atoms with E-state index in [0.717, 1.165) is 5.92 Å². The Balaban J connectivity index is 0.000000583. The molecule has 1 fully saturated rings. The molecule has 1 rings (SSSR count). The number of hydrogen-bond donors (Lipinski definition) is 0. The first kappa shape index (κ1) is 14.3. The number of likely N-dealkylation sites (tertiary alicyclic amines) is 1. The van der Waals surface area contributed by atoms with Crippen molar-refractivity contribution in [2.24, 2.45) is 5.92 Å². The van der Waals surface area contributed by atoms with Gasteiger partial charge in [-0.05, 0) is 45.7 Å². The van der Waals surface area contributed by atoms with Gasteiger partial charge in [0.2, 0.25) is 0 Å². The van der Waals surface area contributed by atoms with Crippen LogP contribution in [0.15, 0.2) is 0 Å². The second-order valence-electron chi connectivity index (χ2n) is 4.94. The first-order valence-corrected chi connectivity index (χ1v) is 5.71. The number of rotatable bonds is 2. The summed E-state index contributed by atoms with van der Waals surface area (Å²) < 4.78 is 0. The zero-order valence-electron chi connectivity index (χ0n) is 10.4. The van der Waals surface area contributed by atoms with Gasteiger partial charge in [0.25, 0.3) is 0 Å². The lowest BCUT2D eigenvalue weighted by Gasteiger charge is -2.43. The molecule has 0 aromatic heterocycles. The van der Waals surface area contributed by atoms with Crippen molar-refractivity contribution < 1.29 is 9.59 Å². The first-order valence-electron chi connectivity index (χ1n) is 5.71. The Morgan fingerprint density at radius 3 is 1.80 bits per heavy atom. The van der Waals surface area contributed by atoms with E-state index in [1.807, 2.05) is 0 Å². The van der Waals surface area contributed by atoms with Crippen molar-refractivity contribution in [2.75, 3.05) is 13.1 Å². The van der Waals surface area contributed by atoms with E-state index in [2.05, 4.69) is 32.6 Å². The predicted molar refractivity (Wildman–Crippen MR) is 59.3 cm³/mol. The molecule has 0 aliphatic carbocycles. The van der Waals surface area contributed by atoms with Crippen LogP contribution in [0.4, 0.5) is 0 Å². The molecule has 0 amide bonds. The highest BCUT2D eigenvalue weighted by Crippen LogP contribution is 2.26. The molecule has 0 N–H and O–H groups in total. The highest BCUT2D eigenvalue weighted by molar-refractivity contribution is 5.20. The quantitative estimate of drug-likeness (QED) is 0.706. The SMILES string of the molecule is CC(C)C(C)(C)N1CCCCC1.O=C=O. The number of carbonyl (C=O) groups excluding carboxylic acids is 2. The summed E-state index contributed by atoms with van der Waals surface area (Å²) >= 11 is 0. The van der Waals surface area contributed by atoms with Crippen molar-refractivity contribution in [2.45, 2.75) is 52.5 Å². The van der Waals surface area contributed by atoms with E-state index >= 15 is 0 Å². The fourth-order valence-corrected chi connectivity index (χ4v) is 1.84. The van der Waals surface area contributed by atoms with Crippen molar-refractivity contribution >= 4 is 6.15 Å². The van der Waals surface area contributed by atoms with Crippen molar-refractivity contribution in [3.05, 3.63) is 0 Å². The molecular weight excluding hydrogens is 190 g/mol. The third-order valence-electron chi connectivity index (χ3n) is 3.58. The summed E-state index contributed by atoms with van der Waals surface area (Å²) in [5.41, 5.74) is 0.403. The normalized spacial score (nSPS) is 17.9. The van der Waals surface area contributed by atoms with E-state index < -0.39 is 0 Å². The van der Waals surface area contributed by atoms with Crippen molar-refractivity contribution in [1.29, 1.82) is 0 Å². The molecule has 1 heterocycles. The summed E-state index contributed by atoms with van der Waals surface area (Å²) in [5.74, 6) is 0.760. The van der Waals surface area contributed by atoms with E-state index in [4.69, 9.17) is 9.59 Å². The molecular formula is C12H23NO2. The Bertz CT molecular complexity index is 200. The van der Waals surface area contributed by atoms with E-state index in [1.165, 1.54) is 32.4 Å². The Morgan fingerprint density at radius 1 is 1.07 bits per heavy atom. The van der Waals surface area contributed by atoms with Gasteiger partial charge in [-0.2, -0.15) is 9.59 Å². The molecule has 1 aliphatic rings. The maximum Gasteiger partial charge on any atom is 0.373 e. The van der Waals surface area contributed by atoms with Crippen LogP contribution >= 0.6 is 0 Å². The van der Waals surface area contributed by atoms with Gasteiger partial charge in [-0.1, -0.05) is 20.3 Å². The van der Waals surface area contributed by atoms with Crippen molar-refractivity contribution in [1.82, 2.24) is 4.90 Å². The van der Waals surface area contributed by atoms with Gasteiger partial charge in [-0.15, -0.1) is 0 Å². The van der Waals surface area contributed by atoms with E-state index in [0.29, 0.717) is 5.54 Å². The fourth-order valence-electron chi connectivity index (χ4n) is 1.84. The third-order valence-corrected chi connectivity index (χ3v) is 3.58. The second kappa shape index (κ2) is 6.76. The topological polar surface area (TPSA) is 37.4 Å². The standard InChI is InChI=1S/C11H23N.CO2/c1-10(2)11(3,4)12-8-6-5-7-9-12;2-1-3/h10H,5-9H2,1-4H3;. The minimum Gasteiger partial charge on any atom is -0.298 e. The van der Waals surface area contributed by atoms with Gasteiger partial charge in [-0.25, -0.2) is 0 Å². The van der Waals surface area contributed by atoms with Crippen LogP contribution in [-0.4, -0.2) is 29.7 Å². The zero-order valence-corrected chi connectivity index (χ0v) is 10.4. The highest BCUT2D eigenvalue weighted by Gasteiger charge is 2.30. The molecule has 0 bridgehead atoms. The molecule has 3 nitrogen and oxygen atoms in total. The van der Waals surface area contributed by atoms with Crippen LogP contribution in [0.5, 0.6) is 0 Å². The molecule has 0 unspecified atom stereocenters. The van der Waals surface area contributed by atoms with Crippen LogP contribution in [0.2, 0.25) is 0 Å². The zero-order chi connectivity index (χ0) is 11.9. The molecule has 0 saturated carbocycles. The Morgan fingerprint density at radius 2 is 1.47 bits per heavy atom. The Hall–Kier alpha value is -0.660. The van der Waals surface area contributed by atoms with E-state index in [9.17, 15) is 0 Å². The monoisotopic (exact) mass is 213 g/mol. The van der Waals surface area contributed by atoms with Gasteiger partial charge in [-0.3, -0.25) is 4.90 Å². The highest BCUT2D eigenvalue weighted by atomic mass is 16.2. The number of piperidine rings is 1. The van der Waals surface area contributed by atoms with Gasteiger partial charge in [0.15, 0.2) is 0 Å². The minimum absolute atomic E-state index is 0.250. The van der Waals surface area contributed by atoms with Gasteiger partial charge < -0.3 is 0 Å². The van der Waals surface area contributed by atoms with E-state index in [-0.39, 0.29) is 6.15 Å². The van der Waals surface area contributed by atoms with Gasteiger partial charge in [0.1, 0.15) is 0 Å². The summed E-state index contributed by atoms with van der Waals surface area (Å²) in [7, 11) is 0. The molecule has 0 radical (unpaired) electrons. The fraction of sp³-hybridized carbons (Fsp3) is 0.917. The lowest BCUT2D eigenvalue weighted by molar-refractivity contribution is -0.191. The summed E-state index contributed by atoms with van der Waals surface area (Å²) in [5, 5.41) is 0. The maximum atomic E-state index is 8.12.